The summed E-state index contributed by atoms with van der Waals surface area (Å²) in [5.74, 6) is -0.289. The topological polar surface area (TPSA) is 75.3 Å². The number of aryl methyl sites for hydroxylation is 1. The number of hydrogen-bond donors (Lipinski definition) is 2. The van der Waals surface area contributed by atoms with E-state index < -0.39 is 10.0 Å². The lowest BCUT2D eigenvalue weighted by molar-refractivity contribution is 0.102. The molecular formula is C16H18N2O3S2. The van der Waals surface area contributed by atoms with Gasteiger partial charge in [0.25, 0.3) is 5.91 Å². The summed E-state index contributed by atoms with van der Waals surface area (Å²) < 4.78 is 25.2. The molecule has 2 aromatic rings. The molecule has 2 N–H and O–H groups in total. The molecule has 23 heavy (non-hydrogen) atoms. The molecule has 0 fully saturated rings. The van der Waals surface area contributed by atoms with E-state index in [1.807, 2.05) is 30.5 Å². The zero-order valence-corrected chi connectivity index (χ0v) is 14.7. The van der Waals surface area contributed by atoms with Crippen molar-refractivity contribution in [1.82, 2.24) is 0 Å². The Balaban J connectivity index is 2.28. The number of sulfonamides is 1. The van der Waals surface area contributed by atoms with Crippen LogP contribution in [-0.4, -0.2) is 26.8 Å². The van der Waals surface area contributed by atoms with E-state index in [2.05, 4.69) is 10.0 Å². The zero-order chi connectivity index (χ0) is 17.0. The number of anilines is 2. The molecule has 0 aliphatic heterocycles. The Labute approximate surface area is 140 Å². The Kier molecular flexibility index (Phi) is 5.33. The molecule has 0 aromatic heterocycles. The molecule has 0 atom stereocenters. The predicted octanol–water partition coefficient (Wildman–Crippen LogP) is 3.34. The van der Waals surface area contributed by atoms with Crippen molar-refractivity contribution in [3.63, 3.8) is 0 Å². The molecule has 5 nitrogen and oxygen atoms in total. The number of rotatable bonds is 5. The van der Waals surface area contributed by atoms with Gasteiger partial charge in [-0.3, -0.25) is 9.52 Å². The van der Waals surface area contributed by atoms with E-state index in [1.54, 1.807) is 19.1 Å². The lowest BCUT2D eigenvalue weighted by Crippen LogP contribution is -2.15. The van der Waals surface area contributed by atoms with Crippen molar-refractivity contribution in [3.8, 4) is 0 Å². The summed E-state index contributed by atoms with van der Waals surface area (Å²) in [6.45, 7) is 1.78. The van der Waals surface area contributed by atoms with Gasteiger partial charge in [-0.05, 0) is 43.0 Å². The van der Waals surface area contributed by atoms with E-state index >= 15 is 0 Å². The molecule has 0 spiro atoms. The summed E-state index contributed by atoms with van der Waals surface area (Å²) in [6.07, 6.45) is 3.01. The Morgan fingerprint density at radius 2 is 1.78 bits per heavy atom. The van der Waals surface area contributed by atoms with Crippen molar-refractivity contribution >= 4 is 39.1 Å². The maximum atomic E-state index is 12.4. The van der Waals surface area contributed by atoms with Crippen molar-refractivity contribution in [2.45, 2.75) is 11.8 Å². The quantitative estimate of drug-likeness (QED) is 0.811. The molecule has 1 amide bonds. The van der Waals surface area contributed by atoms with Crippen molar-refractivity contribution in [2.24, 2.45) is 0 Å². The second kappa shape index (κ2) is 7.06. The van der Waals surface area contributed by atoms with Crippen molar-refractivity contribution in [3.05, 3.63) is 53.6 Å². The minimum atomic E-state index is -3.40. The number of nitrogens with one attached hydrogen (secondary N) is 2. The van der Waals surface area contributed by atoms with Crippen LogP contribution in [0.25, 0.3) is 0 Å². The van der Waals surface area contributed by atoms with E-state index in [1.165, 1.54) is 17.8 Å². The van der Waals surface area contributed by atoms with Crippen LogP contribution < -0.4 is 10.0 Å². The number of carbonyl (C=O) groups is 1. The fourth-order valence-electron chi connectivity index (χ4n) is 2.02. The van der Waals surface area contributed by atoms with Gasteiger partial charge in [0, 0.05) is 10.5 Å². The number of para-hydroxylation sites is 1. The fraction of sp³-hybridized carbons (Fsp3) is 0.188. The third-order valence-electron chi connectivity index (χ3n) is 3.15. The first-order valence-corrected chi connectivity index (χ1v) is 9.94. The van der Waals surface area contributed by atoms with E-state index in [9.17, 15) is 13.2 Å². The summed E-state index contributed by atoms with van der Waals surface area (Å²) in [7, 11) is -3.40. The van der Waals surface area contributed by atoms with Crippen LogP contribution in [0.4, 0.5) is 11.4 Å². The molecule has 7 heteroatoms. The number of hydrogen-bond acceptors (Lipinski definition) is 4. The molecule has 0 aliphatic rings. The monoisotopic (exact) mass is 350 g/mol. The minimum absolute atomic E-state index is 0.289. The lowest BCUT2D eigenvalue weighted by atomic mass is 10.1. The Hall–Kier alpha value is -1.99. The van der Waals surface area contributed by atoms with Gasteiger partial charge in [0.15, 0.2) is 0 Å². The molecule has 0 saturated heterocycles. The average Bonchev–Trinajstić information content (AvgIpc) is 2.48. The van der Waals surface area contributed by atoms with Crippen LogP contribution in [0.15, 0.2) is 47.4 Å². The Morgan fingerprint density at radius 1 is 1.09 bits per heavy atom. The number of carbonyl (C=O) groups excluding carboxylic acids is 1. The first-order chi connectivity index (χ1) is 10.8. The SMILES string of the molecule is CSc1ccccc1NC(=O)c1ccc(C)c(NS(C)(=O)=O)c1. The molecule has 0 bridgehead atoms. The number of benzene rings is 2. The van der Waals surface area contributed by atoms with Gasteiger partial charge in [-0.25, -0.2) is 8.42 Å². The van der Waals surface area contributed by atoms with Crippen LogP contribution in [0.3, 0.4) is 0 Å². The highest BCUT2D eigenvalue weighted by molar-refractivity contribution is 7.98. The Morgan fingerprint density at radius 3 is 2.43 bits per heavy atom. The maximum absolute atomic E-state index is 12.4. The summed E-state index contributed by atoms with van der Waals surface area (Å²) in [6, 6.07) is 12.4. The molecule has 0 unspecified atom stereocenters. The minimum Gasteiger partial charge on any atom is -0.321 e. The third-order valence-corrected chi connectivity index (χ3v) is 4.54. The molecular weight excluding hydrogens is 332 g/mol. The van der Waals surface area contributed by atoms with Gasteiger partial charge < -0.3 is 5.32 Å². The van der Waals surface area contributed by atoms with Crippen molar-refractivity contribution in [1.29, 1.82) is 0 Å². The molecule has 0 radical (unpaired) electrons. The highest BCUT2D eigenvalue weighted by Gasteiger charge is 2.12. The summed E-state index contributed by atoms with van der Waals surface area (Å²) >= 11 is 1.54. The lowest BCUT2D eigenvalue weighted by Gasteiger charge is -2.12. The number of thioether (sulfide) groups is 1. The van der Waals surface area contributed by atoms with E-state index in [4.69, 9.17) is 0 Å². The molecule has 0 aliphatic carbocycles. The van der Waals surface area contributed by atoms with Gasteiger partial charge in [0.05, 0.1) is 17.6 Å². The second-order valence-electron chi connectivity index (χ2n) is 5.06. The van der Waals surface area contributed by atoms with E-state index in [0.717, 1.165) is 22.4 Å². The van der Waals surface area contributed by atoms with Gasteiger partial charge in [0.2, 0.25) is 10.0 Å². The van der Waals surface area contributed by atoms with Crippen LogP contribution in [0.1, 0.15) is 15.9 Å². The second-order valence-corrected chi connectivity index (χ2v) is 7.65. The van der Waals surface area contributed by atoms with Crippen LogP contribution in [0, 0.1) is 6.92 Å². The fourth-order valence-corrected chi connectivity index (χ4v) is 3.19. The van der Waals surface area contributed by atoms with Crippen LogP contribution in [0.2, 0.25) is 0 Å². The first-order valence-electron chi connectivity index (χ1n) is 6.83. The largest absolute Gasteiger partial charge is 0.321 e. The standard InChI is InChI=1S/C16H18N2O3S2/c1-11-8-9-12(10-14(11)18-23(3,20)21)16(19)17-13-6-4-5-7-15(13)22-2/h4-10,18H,1-3H3,(H,17,19). The van der Waals surface area contributed by atoms with E-state index in [-0.39, 0.29) is 5.91 Å². The summed E-state index contributed by atoms with van der Waals surface area (Å²) in [5, 5.41) is 2.85. The molecule has 0 saturated carbocycles. The Bertz CT molecular complexity index is 833. The van der Waals surface area contributed by atoms with Gasteiger partial charge >= 0.3 is 0 Å². The van der Waals surface area contributed by atoms with Crippen LogP contribution >= 0.6 is 11.8 Å². The normalized spacial score (nSPS) is 11.1. The molecule has 0 heterocycles. The summed E-state index contributed by atoms with van der Waals surface area (Å²) in [4.78, 5) is 13.4. The van der Waals surface area contributed by atoms with Crippen molar-refractivity contribution < 1.29 is 13.2 Å². The highest BCUT2D eigenvalue weighted by Crippen LogP contribution is 2.25. The van der Waals surface area contributed by atoms with Gasteiger partial charge in [-0.1, -0.05) is 18.2 Å². The predicted molar refractivity (Wildman–Crippen MR) is 95.8 cm³/mol. The highest BCUT2D eigenvalue weighted by atomic mass is 32.2. The number of amides is 1. The molecule has 2 rings (SSSR count). The van der Waals surface area contributed by atoms with E-state index in [0.29, 0.717) is 11.3 Å². The van der Waals surface area contributed by atoms with Crippen LogP contribution in [-0.2, 0) is 10.0 Å². The molecule has 2 aromatic carbocycles. The van der Waals surface area contributed by atoms with Crippen LogP contribution in [0.5, 0.6) is 0 Å². The zero-order valence-electron chi connectivity index (χ0n) is 13.1. The maximum Gasteiger partial charge on any atom is 0.255 e. The first kappa shape index (κ1) is 17.4. The smallest absolute Gasteiger partial charge is 0.255 e. The van der Waals surface area contributed by atoms with Crippen molar-refractivity contribution in [2.75, 3.05) is 22.6 Å². The van der Waals surface area contributed by atoms with Gasteiger partial charge in [-0.2, -0.15) is 0 Å². The van der Waals surface area contributed by atoms with Gasteiger partial charge in [-0.15, -0.1) is 11.8 Å². The molecule has 122 valence electrons. The third kappa shape index (κ3) is 4.74. The van der Waals surface area contributed by atoms with Gasteiger partial charge in [0.1, 0.15) is 0 Å². The average molecular weight is 350 g/mol. The summed E-state index contributed by atoms with van der Waals surface area (Å²) in [5.41, 5.74) is 2.26.